The third kappa shape index (κ3) is 4.40. The van der Waals surface area contributed by atoms with Gasteiger partial charge in [-0.3, -0.25) is 4.79 Å². The molecular formula is C18H19BrClN3O3. The number of halogens is 2. The summed E-state index contributed by atoms with van der Waals surface area (Å²) in [7, 11) is 0. The molecule has 0 spiro atoms. The molecule has 6 nitrogen and oxygen atoms in total. The van der Waals surface area contributed by atoms with Gasteiger partial charge in [-0.05, 0) is 53.5 Å². The molecule has 1 fully saturated rings. The fourth-order valence-corrected chi connectivity index (χ4v) is 3.59. The van der Waals surface area contributed by atoms with Gasteiger partial charge < -0.3 is 19.5 Å². The average Bonchev–Trinajstić information content (AvgIpc) is 2.80. The topological polar surface area (TPSA) is 65.8 Å². The van der Waals surface area contributed by atoms with Gasteiger partial charge >= 0.3 is 6.03 Å². The third-order valence-electron chi connectivity index (χ3n) is 4.23. The van der Waals surface area contributed by atoms with Crippen molar-refractivity contribution in [2.45, 2.75) is 13.3 Å². The molecule has 0 aliphatic carbocycles. The molecule has 3 amide bonds. The highest BCUT2D eigenvalue weighted by Gasteiger charge is 2.26. The summed E-state index contributed by atoms with van der Waals surface area (Å²) in [5, 5.41) is 3.41. The number of hydrogen-bond donors (Lipinski definition) is 1. The fourth-order valence-electron chi connectivity index (χ4n) is 2.89. The van der Waals surface area contributed by atoms with Crippen molar-refractivity contribution in [2.75, 3.05) is 31.5 Å². The summed E-state index contributed by atoms with van der Waals surface area (Å²) in [6.45, 7) is 3.91. The summed E-state index contributed by atoms with van der Waals surface area (Å²) in [6.07, 6.45) is 0.704. The Balaban J connectivity index is 1.61. The SMILES string of the molecule is Cc1cc(Br)oc1C(=O)N1CCCN(C(=O)Nc2cccc(Cl)c2)CC1. The number of hydrogen-bond acceptors (Lipinski definition) is 3. The van der Waals surface area contributed by atoms with Crippen molar-refractivity contribution in [3.8, 4) is 0 Å². The number of anilines is 1. The minimum absolute atomic E-state index is 0.148. The number of amides is 3. The molecule has 8 heteroatoms. The van der Waals surface area contributed by atoms with Crippen molar-refractivity contribution < 1.29 is 14.0 Å². The highest BCUT2D eigenvalue weighted by Crippen LogP contribution is 2.22. The lowest BCUT2D eigenvalue weighted by Crippen LogP contribution is -2.39. The minimum atomic E-state index is -0.196. The molecule has 3 rings (SSSR count). The van der Waals surface area contributed by atoms with E-state index < -0.39 is 0 Å². The molecule has 1 aromatic heterocycles. The molecule has 26 heavy (non-hydrogen) atoms. The van der Waals surface area contributed by atoms with Gasteiger partial charge in [0, 0.05) is 42.5 Å². The van der Waals surface area contributed by atoms with Crippen molar-refractivity contribution >= 4 is 45.2 Å². The zero-order valence-corrected chi connectivity index (χ0v) is 16.6. The Morgan fingerprint density at radius 1 is 1.15 bits per heavy atom. The predicted octanol–water partition coefficient (Wildman–Crippen LogP) is 4.38. The van der Waals surface area contributed by atoms with E-state index in [1.807, 2.05) is 6.92 Å². The van der Waals surface area contributed by atoms with Crippen LogP contribution in [-0.4, -0.2) is 47.9 Å². The molecule has 1 aliphatic rings. The van der Waals surface area contributed by atoms with Crippen LogP contribution in [-0.2, 0) is 0 Å². The Morgan fingerprint density at radius 3 is 2.58 bits per heavy atom. The Kier molecular flexibility index (Phi) is 5.88. The number of nitrogens with zero attached hydrogens (tertiary/aromatic N) is 2. The van der Waals surface area contributed by atoms with Gasteiger partial charge in [0.05, 0.1) is 0 Å². The number of carbonyl (C=O) groups excluding carboxylic acids is 2. The van der Waals surface area contributed by atoms with E-state index in [1.165, 1.54) is 0 Å². The normalized spacial score (nSPS) is 14.9. The highest BCUT2D eigenvalue weighted by atomic mass is 79.9. The first-order valence-electron chi connectivity index (χ1n) is 8.31. The van der Waals surface area contributed by atoms with E-state index in [0.29, 0.717) is 53.7 Å². The van der Waals surface area contributed by atoms with E-state index >= 15 is 0 Å². The van der Waals surface area contributed by atoms with Crippen molar-refractivity contribution in [2.24, 2.45) is 0 Å². The van der Waals surface area contributed by atoms with Gasteiger partial charge in [0.2, 0.25) is 0 Å². The van der Waals surface area contributed by atoms with Crippen LogP contribution >= 0.6 is 27.5 Å². The lowest BCUT2D eigenvalue weighted by Gasteiger charge is -2.22. The molecule has 1 N–H and O–H groups in total. The monoisotopic (exact) mass is 439 g/mol. The molecule has 0 saturated carbocycles. The Hall–Kier alpha value is -1.99. The second-order valence-electron chi connectivity index (χ2n) is 6.14. The number of benzene rings is 1. The number of aryl methyl sites for hydroxylation is 1. The van der Waals surface area contributed by atoms with Crippen LogP contribution in [0, 0.1) is 6.92 Å². The first-order chi connectivity index (χ1) is 12.4. The van der Waals surface area contributed by atoms with Gasteiger partial charge in [-0.15, -0.1) is 0 Å². The second-order valence-corrected chi connectivity index (χ2v) is 7.35. The Bertz CT molecular complexity index is 824. The molecule has 0 bridgehead atoms. The molecule has 0 atom stereocenters. The Morgan fingerprint density at radius 2 is 1.88 bits per heavy atom. The molecule has 0 unspecified atom stereocenters. The van der Waals surface area contributed by atoms with Crippen molar-refractivity contribution in [3.63, 3.8) is 0 Å². The standard InChI is InChI=1S/C18H19BrClN3O3/c1-12-10-15(19)26-16(12)17(24)22-6-3-7-23(9-8-22)18(25)21-14-5-2-4-13(20)11-14/h2,4-5,10-11H,3,6-9H2,1H3,(H,21,25). The molecule has 2 heterocycles. The summed E-state index contributed by atoms with van der Waals surface area (Å²) in [5.74, 6) is 0.194. The predicted molar refractivity (Wildman–Crippen MR) is 104 cm³/mol. The highest BCUT2D eigenvalue weighted by molar-refractivity contribution is 9.10. The van der Waals surface area contributed by atoms with Crippen LogP contribution in [0.1, 0.15) is 22.5 Å². The van der Waals surface area contributed by atoms with E-state index in [0.717, 1.165) is 5.56 Å². The summed E-state index contributed by atoms with van der Waals surface area (Å²) in [5.41, 5.74) is 1.44. The zero-order valence-electron chi connectivity index (χ0n) is 14.3. The van der Waals surface area contributed by atoms with Gasteiger partial charge in [-0.1, -0.05) is 17.7 Å². The molecular weight excluding hydrogens is 422 g/mol. The minimum Gasteiger partial charge on any atom is -0.444 e. The number of nitrogens with one attached hydrogen (secondary N) is 1. The third-order valence-corrected chi connectivity index (χ3v) is 4.85. The van der Waals surface area contributed by atoms with Crippen LogP contribution in [0.5, 0.6) is 0 Å². The van der Waals surface area contributed by atoms with Crippen LogP contribution in [0.15, 0.2) is 39.4 Å². The summed E-state index contributed by atoms with van der Waals surface area (Å²) < 4.78 is 5.99. The summed E-state index contributed by atoms with van der Waals surface area (Å²) in [4.78, 5) is 28.6. The molecule has 138 valence electrons. The fraction of sp³-hybridized carbons (Fsp3) is 0.333. The summed E-state index contributed by atoms with van der Waals surface area (Å²) in [6, 6.07) is 8.60. The maximum absolute atomic E-state index is 12.7. The lowest BCUT2D eigenvalue weighted by atomic mass is 10.2. The van der Waals surface area contributed by atoms with Gasteiger partial charge in [-0.25, -0.2) is 4.79 Å². The number of urea groups is 1. The smallest absolute Gasteiger partial charge is 0.321 e. The maximum Gasteiger partial charge on any atom is 0.321 e. The van der Waals surface area contributed by atoms with E-state index in [2.05, 4.69) is 21.2 Å². The molecule has 2 aromatic rings. The van der Waals surface area contributed by atoms with Crippen molar-refractivity contribution in [1.29, 1.82) is 0 Å². The lowest BCUT2D eigenvalue weighted by molar-refractivity contribution is 0.0728. The number of rotatable bonds is 2. The van der Waals surface area contributed by atoms with Crippen LogP contribution in [0.25, 0.3) is 0 Å². The molecule has 0 radical (unpaired) electrons. The van der Waals surface area contributed by atoms with Crippen LogP contribution < -0.4 is 5.32 Å². The first kappa shape index (κ1) is 18.8. The van der Waals surface area contributed by atoms with Gasteiger partial charge in [0.15, 0.2) is 10.4 Å². The first-order valence-corrected chi connectivity index (χ1v) is 9.48. The maximum atomic E-state index is 12.7. The largest absolute Gasteiger partial charge is 0.444 e. The van der Waals surface area contributed by atoms with Gasteiger partial charge in [0.1, 0.15) is 0 Å². The average molecular weight is 441 g/mol. The quantitative estimate of drug-likeness (QED) is 0.753. The van der Waals surface area contributed by atoms with Crippen LogP contribution in [0.4, 0.5) is 10.5 Å². The number of carbonyl (C=O) groups is 2. The zero-order chi connectivity index (χ0) is 18.7. The second kappa shape index (κ2) is 8.14. The molecule has 1 aromatic carbocycles. The van der Waals surface area contributed by atoms with Gasteiger partial charge in [-0.2, -0.15) is 0 Å². The van der Waals surface area contributed by atoms with Crippen molar-refractivity contribution in [3.05, 3.63) is 51.3 Å². The van der Waals surface area contributed by atoms with Gasteiger partial charge in [0.25, 0.3) is 5.91 Å². The molecule has 1 aliphatic heterocycles. The van der Waals surface area contributed by atoms with E-state index in [9.17, 15) is 9.59 Å². The number of furan rings is 1. The Labute approximate surface area is 165 Å². The van der Waals surface area contributed by atoms with E-state index in [-0.39, 0.29) is 11.9 Å². The van der Waals surface area contributed by atoms with Crippen LogP contribution in [0.2, 0.25) is 5.02 Å². The molecule has 1 saturated heterocycles. The van der Waals surface area contributed by atoms with E-state index in [4.69, 9.17) is 16.0 Å². The summed E-state index contributed by atoms with van der Waals surface area (Å²) >= 11 is 9.19. The van der Waals surface area contributed by atoms with E-state index in [1.54, 1.807) is 40.1 Å². The van der Waals surface area contributed by atoms with Crippen LogP contribution in [0.3, 0.4) is 0 Å². The van der Waals surface area contributed by atoms with Crippen molar-refractivity contribution in [1.82, 2.24) is 9.80 Å².